The Kier molecular flexibility index (Phi) is 3.26. The maximum Gasteiger partial charge on any atom is 0.213 e. The average Bonchev–Trinajstić information content (AvgIpc) is 2.01. The molecule has 1 aromatic rings. The third-order valence-corrected chi connectivity index (χ3v) is 2.91. The summed E-state index contributed by atoms with van der Waals surface area (Å²) < 4.78 is 22.1. The highest BCUT2D eigenvalue weighted by atomic mass is 79.9. The molecule has 0 aromatic heterocycles. The van der Waals surface area contributed by atoms with Crippen molar-refractivity contribution in [1.29, 1.82) is 5.26 Å². The van der Waals surface area contributed by atoms with Gasteiger partial charge in [-0.1, -0.05) is 6.07 Å². The van der Waals surface area contributed by atoms with E-state index in [1.54, 1.807) is 18.2 Å². The fourth-order valence-electron chi connectivity index (χ4n) is 0.971. The number of sulfonamides is 1. The normalized spacial score (nSPS) is 10.9. The number of nitrogens with two attached hydrogens (primary N) is 1. The first-order valence-electron chi connectivity index (χ1n) is 3.61. The van der Waals surface area contributed by atoms with Gasteiger partial charge in [0.05, 0.1) is 11.3 Å². The van der Waals surface area contributed by atoms with Crippen molar-refractivity contribution in [3.63, 3.8) is 0 Å². The Morgan fingerprint density at radius 1 is 1.50 bits per heavy atom. The number of hydrogen-bond acceptors (Lipinski definition) is 3. The van der Waals surface area contributed by atoms with E-state index in [9.17, 15) is 8.42 Å². The van der Waals surface area contributed by atoms with E-state index in [-0.39, 0.29) is 5.75 Å². The van der Waals surface area contributed by atoms with E-state index < -0.39 is 10.0 Å². The zero-order chi connectivity index (χ0) is 10.8. The monoisotopic (exact) mass is 274 g/mol. The van der Waals surface area contributed by atoms with Crippen LogP contribution in [-0.4, -0.2) is 8.42 Å². The minimum atomic E-state index is -3.52. The molecule has 0 radical (unpaired) electrons. The summed E-state index contributed by atoms with van der Waals surface area (Å²) in [7, 11) is -3.52. The maximum absolute atomic E-state index is 10.8. The van der Waals surface area contributed by atoms with E-state index in [0.717, 1.165) is 0 Å². The van der Waals surface area contributed by atoms with E-state index in [1.165, 1.54) is 0 Å². The van der Waals surface area contributed by atoms with Gasteiger partial charge in [0.1, 0.15) is 6.07 Å². The molecule has 0 fully saturated rings. The van der Waals surface area contributed by atoms with Gasteiger partial charge in [0, 0.05) is 4.47 Å². The minimum Gasteiger partial charge on any atom is -0.228 e. The third kappa shape index (κ3) is 3.10. The van der Waals surface area contributed by atoms with Gasteiger partial charge in [0.25, 0.3) is 0 Å². The van der Waals surface area contributed by atoms with Gasteiger partial charge in [0.2, 0.25) is 10.0 Å². The Labute approximate surface area is 90.5 Å². The topological polar surface area (TPSA) is 83.9 Å². The van der Waals surface area contributed by atoms with Crippen molar-refractivity contribution >= 4 is 26.0 Å². The van der Waals surface area contributed by atoms with Crippen LogP contribution in [0.4, 0.5) is 0 Å². The van der Waals surface area contributed by atoms with Gasteiger partial charge >= 0.3 is 0 Å². The summed E-state index contributed by atoms with van der Waals surface area (Å²) in [5.74, 6) is -0.225. The lowest BCUT2D eigenvalue weighted by Gasteiger charge is -2.00. The van der Waals surface area contributed by atoms with Crippen LogP contribution in [0.1, 0.15) is 11.1 Å². The molecule has 0 unspecified atom stereocenters. The third-order valence-electron chi connectivity index (χ3n) is 1.52. The fraction of sp³-hybridized carbons (Fsp3) is 0.125. The second-order valence-electron chi connectivity index (χ2n) is 2.73. The van der Waals surface area contributed by atoms with E-state index in [4.69, 9.17) is 10.4 Å². The summed E-state index contributed by atoms with van der Waals surface area (Å²) in [5, 5.41) is 13.5. The van der Waals surface area contributed by atoms with Crippen LogP contribution in [-0.2, 0) is 15.8 Å². The van der Waals surface area contributed by atoms with Crippen LogP contribution in [0.25, 0.3) is 0 Å². The molecule has 14 heavy (non-hydrogen) atoms. The van der Waals surface area contributed by atoms with Crippen LogP contribution in [0.15, 0.2) is 22.7 Å². The highest BCUT2D eigenvalue weighted by Gasteiger charge is 2.06. The molecule has 0 saturated heterocycles. The maximum atomic E-state index is 10.8. The number of benzene rings is 1. The summed E-state index contributed by atoms with van der Waals surface area (Å²) in [6, 6.07) is 6.64. The highest BCUT2D eigenvalue weighted by molar-refractivity contribution is 9.10. The number of halogens is 1. The number of nitrogens with zero attached hydrogens (tertiary/aromatic N) is 1. The van der Waals surface area contributed by atoms with Crippen molar-refractivity contribution in [3.8, 4) is 6.07 Å². The van der Waals surface area contributed by atoms with Crippen LogP contribution in [0.2, 0.25) is 0 Å². The average molecular weight is 275 g/mol. The van der Waals surface area contributed by atoms with Gasteiger partial charge in [-0.05, 0) is 33.6 Å². The number of nitriles is 1. The summed E-state index contributed by atoms with van der Waals surface area (Å²) >= 11 is 3.16. The minimum absolute atomic E-state index is 0.225. The molecular weight excluding hydrogens is 268 g/mol. The van der Waals surface area contributed by atoms with Crippen LogP contribution in [0, 0.1) is 11.3 Å². The van der Waals surface area contributed by atoms with Crippen LogP contribution < -0.4 is 5.14 Å². The number of primary sulfonamides is 1. The molecule has 1 aromatic carbocycles. The standard InChI is InChI=1S/C8H7BrN2O2S/c9-8-3-6(5-14(11,12)13)1-2-7(8)4-10/h1-3H,5H2,(H2,11,12,13). The molecule has 0 bridgehead atoms. The molecule has 6 heteroatoms. The smallest absolute Gasteiger partial charge is 0.213 e. The molecule has 0 aliphatic carbocycles. The molecule has 0 saturated carbocycles. The molecule has 0 aliphatic heterocycles. The Bertz CT molecular complexity index is 491. The van der Waals surface area contributed by atoms with Crippen molar-refractivity contribution < 1.29 is 8.42 Å². The summed E-state index contributed by atoms with van der Waals surface area (Å²) in [4.78, 5) is 0. The number of hydrogen-bond donors (Lipinski definition) is 1. The highest BCUT2D eigenvalue weighted by Crippen LogP contribution is 2.18. The molecule has 74 valence electrons. The quantitative estimate of drug-likeness (QED) is 0.877. The summed E-state index contributed by atoms with van der Waals surface area (Å²) in [5.41, 5.74) is 1.02. The van der Waals surface area contributed by atoms with Crippen LogP contribution >= 0.6 is 15.9 Å². The lowest BCUT2D eigenvalue weighted by Crippen LogP contribution is -2.14. The molecule has 0 amide bonds. The first kappa shape index (κ1) is 11.2. The Hall–Kier alpha value is -0.900. The molecule has 0 aliphatic rings. The van der Waals surface area contributed by atoms with Gasteiger partial charge in [-0.2, -0.15) is 5.26 Å². The van der Waals surface area contributed by atoms with Crippen molar-refractivity contribution in [1.82, 2.24) is 0 Å². The SMILES string of the molecule is N#Cc1ccc(CS(N)(=O)=O)cc1Br. The van der Waals surface area contributed by atoms with Gasteiger partial charge in [-0.25, -0.2) is 13.6 Å². The van der Waals surface area contributed by atoms with E-state index in [0.29, 0.717) is 15.6 Å². The first-order chi connectivity index (χ1) is 6.42. The lowest BCUT2D eigenvalue weighted by atomic mass is 10.2. The second kappa shape index (κ2) is 4.09. The summed E-state index contributed by atoms with van der Waals surface area (Å²) in [6.07, 6.45) is 0. The van der Waals surface area contributed by atoms with Gasteiger partial charge in [-0.15, -0.1) is 0 Å². The second-order valence-corrected chi connectivity index (χ2v) is 5.20. The Balaban J connectivity index is 3.06. The largest absolute Gasteiger partial charge is 0.228 e. The molecular formula is C8H7BrN2O2S. The summed E-state index contributed by atoms with van der Waals surface area (Å²) in [6.45, 7) is 0. The van der Waals surface area contributed by atoms with Crippen molar-refractivity contribution in [2.24, 2.45) is 5.14 Å². The molecule has 1 rings (SSSR count). The molecule has 0 spiro atoms. The first-order valence-corrected chi connectivity index (χ1v) is 6.12. The van der Waals surface area contributed by atoms with Crippen LogP contribution in [0.3, 0.4) is 0 Å². The van der Waals surface area contributed by atoms with Crippen LogP contribution in [0.5, 0.6) is 0 Å². The van der Waals surface area contributed by atoms with E-state index in [2.05, 4.69) is 15.9 Å². The predicted molar refractivity (Wildman–Crippen MR) is 55.7 cm³/mol. The Morgan fingerprint density at radius 2 is 2.14 bits per heavy atom. The van der Waals surface area contributed by atoms with E-state index >= 15 is 0 Å². The van der Waals surface area contributed by atoms with Crippen molar-refractivity contribution in [3.05, 3.63) is 33.8 Å². The molecule has 4 nitrogen and oxygen atoms in total. The fourth-order valence-corrected chi connectivity index (χ4v) is 2.13. The Morgan fingerprint density at radius 3 is 2.57 bits per heavy atom. The van der Waals surface area contributed by atoms with E-state index in [1.807, 2.05) is 6.07 Å². The van der Waals surface area contributed by atoms with Crippen molar-refractivity contribution in [2.75, 3.05) is 0 Å². The molecule has 0 atom stereocenters. The molecule has 0 heterocycles. The van der Waals surface area contributed by atoms with Gasteiger partial charge < -0.3 is 0 Å². The zero-order valence-electron chi connectivity index (χ0n) is 7.07. The molecule has 2 N–H and O–H groups in total. The zero-order valence-corrected chi connectivity index (χ0v) is 9.47. The van der Waals surface area contributed by atoms with Gasteiger partial charge in [-0.3, -0.25) is 0 Å². The predicted octanol–water partition coefficient (Wildman–Crippen LogP) is 1.11. The van der Waals surface area contributed by atoms with Gasteiger partial charge in [0.15, 0.2) is 0 Å². The lowest BCUT2D eigenvalue weighted by molar-refractivity contribution is 0.597. The number of rotatable bonds is 2. The van der Waals surface area contributed by atoms with Crippen molar-refractivity contribution in [2.45, 2.75) is 5.75 Å².